The molecule has 3 aromatic carbocycles. The maximum atomic E-state index is 15.1. The van der Waals surface area contributed by atoms with Crippen molar-refractivity contribution in [3.8, 4) is 22.3 Å². The summed E-state index contributed by atoms with van der Waals surface area (Å²) >= 11 is 0. The Morgan fingerprint density at radius 3 is 2.14 bits per heavy atom. The van der Waals surface area contributed by atoms with Gasteiger partial charge in [0.25, 0.3) is 0 Å². The molecule has 0 aliphatic heterocycles. The summed E-state index contributed by atoms with van der Waals surface area (Å²) in [5, 5.41) is 19.3. The molecule has 0 spiro atoms. The largest absolute Gasteiger partial charge is 0.396 e. The monoisotopic (exact) mass is 502 g/mol. The lowest BCUT2D eigenvalue weighted by Crippen LogP contribution is -2.15. The van der Waals surface area contributed by atoms with Crippen molar-refractivity contribution in [1.29, 1.82) is 0 Å². The summed E-state index contributed by atoms with van der Waals surface area (Å²) in [5.74, 6) is 0.730. The lowest BCUT2D eigenvalue weighted by Gasteiger charge is -2.28. The molecule has 1 atom stereocenters. The van der Waals surface area contributed by atoms with E-state index in [0.29, 0.717) is 12.5 Å². The normalized spacial score (nSPS) is 19.1. The molecule has 3 aromatic rings. The zero-order chi connectivity index (χ0) is 26.4. The van der Waals surface area contributed by atoms with Crippen molar-refractivity contribution in [3.63, 3.8) is 0 Å². The van der Waals surface area contributed by atoms with Gasteiger partial charge < -0.3 is 14.9 Å². The number of ether oxygens (including phenoxy) is 1. The highest BCUT2D eigenvalue weighted by atomic mass is 19.1. The lowest BCUT2D eigenvalue weighted by molar-refractivity contribution is -0.0813. The Morgan fingerprint density at radius 1 is 0.946 bits per heavy atom. The molecule has 37 heavy (non-hydrogen) atoms. The van der Waals surface area contributed by atoms with Crippen LogP contribution in [-0.4, -0.2) is 23.1 Å². The van der Waals surface area contributed by atoms with Gasteiger partial charge in [0.2, 0.25) is 0 Å². The summed E-state index contributed by atoms with van der Waals surface area (Å²) in [6.45, 7) is 6.35. The van der Waals surface area contributed by atoms with Crippen LogP contribution in [0.2, 0.25) is 0 Å². The van der Waals surface area contributed by atoms with E-state index in [1.54, 1.807) is 6.07 Å². The first-order chi connectivity index (χ1) is 17.9. The van der Waals surface area contributed by atoms with E-state index >= 15 is 4.39 Å². The van der Waals surface area contributed by atoms with Crippen molar-refractivity contribution in [2.45, 2.75) is 71.7 Å². The Labute approximate surface area is 220 Å². The van der Waals surface area contributed by atoms with Gasteiger partial charge in [-0.15, -0.1) is 0 Å². The second-order valence-electron chi connectivity index (χ2n) is 10.4. The van der Waals surface area contributed by atoms with Gasteiger partial charge in [0.1, 0.15) is 5.82 Å². The van der Waals surface area contributed by atoms with E-state index in [1.165, 1.54) is 0 Å². The third-order valence-corrected chi connectivity index (χ3v) is 7.97. The van der Waals surface area contributed by atoms with Crippen LogP contribution in [0.1, 0.15) is 68.6 Å². The number of aliphatic hydroxyl groups is 2. The molecule has 1 unspecified atom stereocenters. The fourth-order valence-electron chi connectivity index (χ4n) is 5.29. The maximum Gasteiger partial charge on any atom is 0.177 e. The SMILES string of the molecule is C/C=C(\C)C(O)OCc1cc(-c2ccc(-c3ccc(C4CCC(CCO)CC4)c(F)c3)cc2)ccc1C. The molecular weight excluding hydrogens is 463 g/mol. The van der Waals surface area contributed by atoms with Crippen LogP contribution < -0.4 is 0 Å². The molecule has 196 valence electrons. The fourth-order valence-corrected chi connectivity index (χ4v) is 5.29. The van der Waals surface area contributed by atoms with Gasteiger partial charge in [-0.3, -0.25) is 0 Å². The van der Waals surface area contributed by atoms with Crippen LogP contribution in [0, 0.1) is 18.7 Å². The van der Waals surface area contributed by atoms with Crippen molar-refractivity contribution < 1.29 is 19.3 Å². The van der Waals surface area contributed by atoms with Gasteiger partial charge in [0.05, 0.1) is 6.61 Å². The first kappa shape index (κ1) is 27.3. The Morgan fingerprint density at radius 2 is 1.54 bits per heavy atom. The Balaban J connectivity index is 1.45. The number of allylic oxidation sites excluding steroid dienone is 1. The van der Waals surface area contributed by atoms with E-state index in [2.05, 4.69) is 30.3 Å². The van der Waals surface area contributed by atoms with Gasteiger partial charge in [-0.2, -0.15) is 0 Å². The number of benzene rings is 3. The molecule has 0 aromatic heterocycles. The molecule has 0 amide bonds. The molecule has 1 aliphatic carbocycles. The van der Waals surface area contributed by atoms with E-state index in [4.69, 9.17) is 4.74 Å². The predicted octanol–water partition coefficient (Wildman–Crippen LogP) is 7.93. The van der Waals surface area contributed by atoms with Crippen LogP contribution in [0.4, 0.5) is 4.39 Å². The van der Waals surface area contributed by atoms with Gasteiger partial charge >= 0.3 is 0 Å². The van der Waals surface area contributed by atoms with Crippen LogP contribution in [0.5, 0.6) is 0 Å². The number of hydrogen-bond acceptors (Lipinski definition) is 3. The van der Waals surface area contributed by atoms with Crippen molar-refractivity contribution in [2.24, 2.45) is 5.92 Å². The highest BCUT2D eigenvalue weighted by Gasteiger charge is 2.24. The van der Waals surface area contributed by atoms with Gasteiger partial charge in [0.15, 0.2) is 6.29 Å². The third-order valence-electron chi connectivity index (χ3n) is 7.97. The van der Waals surface area contributed by atoms with Crippen LogP contribution in [0.15, 0.2) is 72.3 Å². The highest BCUT2D eigenvalue weighted by molar-refractivity contribution is 5.71. The summed E-state index contributed by atoms with van der Waals surface area (Å²) in [7, 11) is 0. The number of halogens is 1. The van der Waals surface area contributed by atoms with E-state index < -0.39 is 6.29 Å². The van der Waals surface area contributed by atoms with Crippen molar-refractivity contribution in [1.82, 2.24) is 0 Å². The van der Waals surface area contributed by atoms with Crippen LogP contribution >= 0.6 is 0 Å². The zero-order valence-electron chi connectivity index (χ0n) is 22.2. The molecule has 0 heterocycles. The number of hydrogen-bond donors (Lipinski definition) is 2. The molecule has 0 radical (unpaired) electrons. The number of aryl methyl sites for hydroxylation is 1. The maximum absolute atomic E-state index is 15.1. The zero-order valence-corrected chi connectivity index (χ0v) is 22.2. The number of aliphatic hydroxyl groups excluding tert-OH is 2. The minimum absolute atomic E-state index is 0.120. The average molecular weight is 503 g/mol. The van der Waals surface area contributed by atoms with Crippen molar-refractivity contribution in [2.75, 3.05) is 6.61 Å². The van der Waals surface area contributed by atoms with Crippen LogP contribution in [-0.2, 0) is 11.3 Å². The summed E-state index contributed by atoms with van der Waals surface area (Å²) in [5.41, 5.74) is 7.79. The van der Waals surface area contributed by atoms with E-state index in [0.717, 1.165) is 76.6 Å². The second-order valence-corrected chi connectivity index (χ2v) is 10.4. The molecule has 1 saturated carbocycles. The predicted molar refractivity (Wildman–Crippen MR) is 149 cm³/mol. The van der Waals surface area contributed by atoms with Gasteiger partial charge in [-0.05, 0) is 121 Å². The molecule has 1 aliphatic rings. The average Bonchev–Trinajstić information content (AvgIpc) is 2.92. The molecule has 4 heteroatoms. The first-order valence-corrected chi connectivity index (χ1v) is 13.4. The Hall–Kier alpha value is -2.79. The van der Waals surface area contributed by atoms with E-state index in [-0.39, 0.29) is 18.3 Å². The van der Waals surface area contributed by atoms with E-state index in [9.17, 15) is 10.2 Å². The number of rotatable bonds is 9. The third kappa shape index (κ3) is 6.75. The van der Waals surface area contributed by atoms with Gasteiger partial charge in [0, 0.05) is 6.61 Å². The molecule has 3 nitrogen and oxygen atoms in total. The quantitative estimate of drug-likeness (QED) is 0.231. The molecule has 0 bridgehead atoms. The van der Waals surface area contributed by atoms with Gasteiger partial charge in [-0.25, -0.2) is 4.39 Å². The van der Waals surface area contributed by atoms with Crippen molar-refractivity contribution >= 4 is 0 Å². The fraction of sp³-hybridized carbons (Fsp3) is 0.394. The smallest absolute Gasteiger partial charge is 0.177 e. The standard InChI is InChI=1S/C33H39FO3/c1-4-22(2)33(36)37-21-30-19-28(8-5-23(30)3)25-11-13-26(14-12-25)29-15-16-31(32(34)20-29)27-9-6-24(7-10-27)17-18-35/h4-5,8,11-16,19-20,24,27,33,35-36H,6-7,9-10,17-18,21H2,1-3H3/b22-4+. The van der Waals surface area contributed by atoms with Crippen molar-refractivity contribution in [3.05, 3.63) is 94.8 Å². The Bertz CT molecular complexity index is 1210. The molecule has 0 saturated heterocycles. The Kier molecular flexibility index (Phi) is 9.31. The highest BCUT2D eigenvalue weighted by Crippen LogP contribution is 2.39. The molecule has 1 fully saturated rings. The summed E-state index contributed by atoms with van der Waals surface area (Å²) < 4.78 is 20.8. The van der Waals surface area contributed by atoms with Gasteiger partial charge in [-0.1, -0.05) is 54.6 Å². The lowest BCUT2D eigenvalue weighted by atomic mass is 9.77. The second kappa shape index (κ2) is 12.6. The van der Waals surface area contributed by atoms with Crippen LogP contribution in [0.25, 0.3) is 22.3 Å². The summed E-state index contributed by atoms with van der Waals surface area (Å²) in [4.78, 5) is 0. The topological polar surface area (TPSA) is 49.7 Å². The summed E-state index contributed by atoms with van der Waals surface area (Å²) in [6.07, 6.45) is 5.93. The minimum atomic E-state index is -0.902. The molecule has 2 N–H and O–H groups in total. The minimum Gasteiger partial charge on any atom is -0.396 e. The molecular formula is C33H39FO3. The van der Waals surface area contributed by atoms with E-state index in [1.807, 2.05) is 51.1 Å². The van der Waals surface area contributed by atoms with Crippen LogP contribution in [0.3, 0.4) is 0 Å². The molecule has 4 rings (SSSR count). The summed E-state index contributed by atoms with van der Waals surface area (Å²) in [6, 6.07) is 20.1. The first-order valence-electron chi connectivity index (χ1n) is 13.4.